The Bertz CT molecular complexity index is 597. The summed E-state index contributed by atoms with van der Waals surface area (Å²) >= 11 is 8.29. The highest BCUT2D eigenvalue weighted by molar-refractivity contribution is 7.99. The first-order valence-electron chi connectivity index (χ1n) is 6.57. The van der Waals surface area contributed by atoms with Gasteiger partial charge in [-0.05, 0) is 18.2 Å². The molecule has 0 amide bonds. The average Bonchev–Trinajstić information content (AvgIpc) is 2.47. The monoisotopic (exact) mass is 293 g/mol. The third-order valence-electron chi connectivity index (χ3n) is 3.37. The molecule has 1 aliphatic heterocycles. The van der Waals surface area contributed by atoms with Crippen LogP contribution in [-0.4, -0.2) is 34.6 Å². The molecule has 0 aliphatic carbocycles. The van der Waals surface area contributed by atoms with E-state index in [9.17, 15) is 0 Å². The minimum absolute atomic E-state index is 0.565. The number of anilines is 1. The van der Waals surface area contributed by atoms with E-state index in [0.29, 0.717) is 5.15 Å². The summed E-state index contributed by atoms with van der Waals surface area (Å²) in [7, 11) is 0. The molecular formula is C14H16ClN3S. The molecule has 0 N–H and O–H groups in total. The first kappa shape index (κ1) is 13.0. The van der Waals surface area contributed by atoms with Crippen LogP contribution in [-0.2, 0) is 6.42 Å². The van der Waals surface area contributed by atoms with Crippen molar-refractivity contribution >= 4 is 40.0 Å². The highest BCUT2D eigenvalue weighted by Crippen LogP contribution is 2.27. The molecule has 2 heterocycles. The molecule has 1 saturated heterocycles. The van der Waals surface area contributed by atoms with Crippen LogP contribution in [0.15, 0.2) is 18.2 Å². The summed E-state index contributed by atoms with van der Waals surface area (Å²) in [5.74, 6) is 3.19. The normalized spacial score (nSPS) is 16.0. The molecule has 19 heavy (non-hydrogen) atoms. The summed E-state index contributed by atoms with van der Waals surface area (Å²) in [5, 5.41) is 1.52. The van der Waals surface area contributed by atoms with Gasteiger partial charge in [-0.2, -0.15) is 11.8 Å². The zero-order valence-corrected chi connectivity index (χ0v) is 12.5. The average molecular weight is 294 g/mol. The predicted octanol–water partition coefficient (Wildman–Crippen LogP) is 3.40. The highest BCUT2D eigenvalue weighted by atomic mass is 35.5. The second kappa shape index (κ2) is 5.55. The van der Waals surface area contributed by atoms with E-state index in [4.69, 9.17) is 11.6 Å². The number of hydrogen-bond acceptors (Lipinski definition) is 4. The molecule has 1 aliphatic rings. The van der Waals surface area contributed by atoms with Crippen LogP contribution in [0.5, 0.6) is 0 Å². The van der Waals surface area contributed by atoms with E-state index in [1.54, 1.807) is 0 Å². The highest BCUT2D eigenvalue weighted by Gasteiger charge is 2.13. The lowest BCUT2D eigenvalue weighted by molar-refractivity contribution is 0.859. The summed E-state index contributed by atoms with van der Waals surface area (Å²) in [4.78, 5) is 11.3. The predicted molar refractivity (Wildman–Crippen MR) is 83.5 cm³/mol. The minimum atomic E-state index is 0.565. The molecule has 100 valence electrons. The largest absolute Gasteiger partial charge is 0.370 e. The van der Waals surface area contributed by atoms with Crippen LogP contribution < -0.4 is 4.90 Å². The van der Waals surface area contributed by atoms with Crippen molar-refractivity contribution in [3.63, 3.8) is 0 Å². The van der Waals surface area contributed by atoms with Crippen molar-refractivity contribution in [3.05, 3.63) is 29.2 Å². The number of rotatable bonds is 2. The molecule has 1 fully saturated rings. The van der Waals surface area contributed by atoms with E-state index >= 15 is 0 Å². The lowest BCUT2D eigenvalue weighted by atomic mass is 10.2. The fraction of sp³-hybridized carbons (Fsp3) is 0.429. The second-order valence-corrected chi connectivity index (χ2v) is 6.17. The molecule has 1 aromatic heterocycles. The lowest BCUT2D eigenvalue weighted by Gasteiger charge is -2.28. The molecule has 0 atom stereocenters. The Morgan fingerprint density at radius 1 is 1.26 bits per heavy atom. The summed E-state index contributed by atoms with van der Waals surface area (Å²) in [5.41, 5.74) is 2.16. The Kier molecular flexibility index (Phi) is 3.80. The summed E-state index contributed by atoms with van der Waals surface area (Å²) in [6, 6.07) is 6.31. The summed E-state index contributed by atoms with van der Waals surface area (Å²) in [6.07, 6.45) is 0.806. The summed E-state index contributed by atoms with van der Waals surface area (Å²) in [6.45, 7) is 4.24. The molecule has 1 aromatic carbocycles. The van der Waals surface area contributed by atoms with Crippen molar-refractivity contribution < 1.29 is 0 Å². The molecule has 0 spiro atoms. The van der Waals surface area contributed by atoms with Gasteiger partial charge in [-0.15, -0.1) is 0 Å². The van der Waals surface area contributed by atoms with Crippen LogP contribution in [0.1, 0.15) is 12.7 Å². The van der Waals surface area contributed by atoms with Crippen molar-refractivity contribution in [1.82, 2.24) is 9.97 Å². The third kappa shape index (κ3) is 2.65. The Balaban J connectivity index is 2.02. The number of thioether (sulfide) groups is 1. The maximum absolute atomic E-state index is 6.28. The molecule has 0 bridgehead atoms. The zero-order chi connectivity index (χ0) is 13.2. The van der Waals surface area contributed by atoms with Gasteiger partial charge < -0.3 is 4.90 Å². The van der Waals surface area contributed by atoms with Crippen molar-refractivity contribution in [2.24, 2.45) is 0 Å². The van der Waals surface area contributed by atoms with Crippen LogP contribution in [0.25, 0.3) is 10.9 Å². The minimum Gasteiger partial charge on any atom is -0.370 e. The fourth-order valence-electron chi connectivity index (χ4n) is 2.30. The van der Waals surface area contributed by atoms with Gasteiger partial charge in [-0.3, -0.25) is 0 Å². The van der Waals surface area contributed by atoms with Gasteiger partial charge >= 0.3 is 0 Å². The van der Waals surface area contributed by atoms with Gasteiger partial charge in [0.25, 0.3) is 0 Å². The van der Waals surface area contributed by atoms with E-state index in [1.807, 2.05) is 18.7 Å². The first-order valence-corrected chi connectivity index (χ1v) is 8.10. The van der Waals surface area contributed by atoms with Gasteiger partial charge in [0.1, 0.15) is 11.0 Å². The molecule has 0 unspecified atom stereocenters. The molecule has 0 radical (unpaired) electrons. The zero-order valence-electron chi connectivity index (χ0n) is 10.9. The van der Waals surface area contributed by atoms with Crippen molar-refractivity contribution in [1.29, 1.82) is 0 Å². The van der Waals surface area contributed by atoms with E-state index in [1.165, 1.54) is 17.2 Å². The van der Waals surface area contributed by atoms with Gasteiger partial charge in [-0.25, -0.2) is 9.97 Å². The quantitative estimate of drug-likeness (QED) is 0.794. The van der Waals surface area contributed by atoms with Crippen molar-refractivity contribution in [2.45, 2.75) is 13.3 Å². The van der Waals surface area contributed by atoms with Gasteiger partial charge in [0.2, 0.25) is 0 Å². The van der Waals surface area contributed by atoms with Crippen molar-refractivity contribution in [2.75, 3.05) is 29.5 Å². The topological polar surface area (TPSA) is 29.0 Å². The van der Waals surface area contributed by atoms with Crippen molar-refractivity contribution in [3.8, 4) is 0 Å². The number of aryl methyl sites for hydroxylation is 1. The van der Waals surface area contributed by atoms with E-state index < -0.39 is 0 Å². The van der Waals surface area contributed by atoms with Crippen LogP contribution in [0, 0.1) is 0 Å². The Labute approximate surface area is 122 Å². The van der Waals surface area contributed by atoms with Gasteiger partial charge in [0, 0.05) is 42.1 Å². The van der Waals surface area contributed by atoms with Gasteiger partial charge in [-0.1, -0.05) is 18.5 Å². The maximum Gasteiger partial charge on any atom is 0.140 e. The van der Waals surface area contributed by atoms with Gasteiger partial charge in [0.15, 0.2) is 0 Å². The molecule has 3 nitrogen and oxygen atoms in total. The molecule has 3 rings (SSSR count). The Hall–Kier alpha value is -1.00. The van der Waals surface area contributed by atoms with Crippen LogP contribution in [0.4, 0.5) is 5.69 Å². The SMILES string of the molecule is CCc1nc(Cl)c2cc(N3CCSCC3)ccc2n1. The van der Waals surface area contributed by atoms with Crippen LogP contribution in [0.2, 0.25) is 5.15 Å². The van der Waals surface area contributed by atoms with E-state index in [-0.39, 0.29) is 0 Å². The first-order chi connectivity index (χ1) is 9.28. The summed E-state index contributed by atoms with van der Waals surface area (Å²) < 4.78 is 0. The number of nitrogens with zero attached hydrogens (tertiary/aromatic N) is 3. The Morgan fingerprint density at radius 3 is 2.79 bits per heavy atom. The third-order valence-corrected chi connectivity index (χ3v) is 4.60. The number of benzene rings is 1. The number of aromatic nitrogens is 2. The number of fused-ring (bicyclic) bond motifs is 1. The standard InChI is InChI=1S/C14H16ClN3S/c1-2-13-16-12-4-3-10(9-11(12)14(15)17-13)18-5-7-19-8-6-18/h3-4,9H,2,5-8H2,1H3. The Morgan fingerprint density at radius 2 is 2.05 bits per heavy atom. The van der Waals surface area contributed by atoms with E-state index in [0.717, 1.165) is 36.2 Å². The maximum atomic E-state index is 6.28. The van der Waals surface area contributed by atoms with E-state index in [2.05, 4.69) is 33.1 Å². The fourth-order valence-corrected chi connectivity index (χ4v) is 3.45. The molecular weight excluding hydrogens is 278 g/mol. The molecule has 0 saturated carbocycles. The van der Waals surface area contributed by atoms with Crippen LogP contribution in [0.3, 0.4) is 0 Å². The number of halogens is 1. The molecule has 2 aromatic rings. The lowest BCUT2D eigenvalue weighted by Crippen LogP contribution is -2.32. The second-order valence-electron chi connectivity index (χ2n) is 4.59. The van der Waals surface area contributed by atoms with Crippen LogP contribution >= 0.6 is 23.4 Å². The van der Waals surface area contributed by atoms with Gasteiger partial charge in [0.05, 0.1) is 5.52 Å². The smallest absolute Gasteiger partial charge is 0.140 e. The molecule has 5 heteroatoms. The number of hydrogen-bond donors (Lipinski definition) is 0.